The molecule has 0 aliphatic carbocycles. The molecule has 0 atom stereocenters. The molecule has 0 aliphatic heterocycles. The molecule has 2 rings (SSSR count). The number of nitrogens with one attached hydrogen (secondary N) is 2. The van der Waals surface area contributed by atoms with E-state index in [4.69, 9.17) is 11.6 Å². The monoisotopic (exact) mass is 306 g/mol. The van der Waals surface area contributed by atoms with E-state index in [-0.39, 0.29) is 11.8 Å². The van der Waals surface area contributed by atoms with Crippen LogP contribution >= 0.6 is 11.6 Å². The Morgan fingerprint density at radius 2 is 1.81 bits per heavy atom. The van der Waals surface area contributed by atoms with Crippen molar-refractivity contribution in [3.63, 3.8) is 0 Å². The lowest BCUT2D eigenvalue weighted by molar-refractivity contribution is 0.240. The van der Waals surface area contributed by atoms with Gasteiger partial charge in [0.15, 0.2) is 0 Å². The van der Waals surface area contributed by atoms with Crippen LogP contribution in [0.15, 0.2) is 48.5 Å². The summed E-state index contributed by atoms with van der Waals surface area (Å²) in [6.07, 6.45) is 0.589. The van der Waals surface area contributed by atoms with Crippen LogP contribution in [0.1, 0.15) is 11.1 Å². The topological polar surface area (TPSA) is 41.1 Å². The molecule has 2 N–H and O–H groups in total. The van der Waals surface area contributed by atoms with Crippen molar-refractivity contribution in [1.29, 1.82) is 0 Å². The maximum absolute atomic E-state index is 13.0. The van der Waals surface area contributed by atoms with E-state index in [1.807, 2.05) is 18.2 Å². The molecule has 2 amide bonds. The second-order valence-electron chi connectivity index (χ2n) is 4.62. The molecule has 0 radical (unpaired) electrons. The number of benzene rings is 2. The van der Waals surface area contributed by atoms with E-state index in [0.717, 1.165) is 11.1 Å². The zero-order valence-electron chi connectivity index (χ0n) is 11.4. The molecule has 0 saturated carbocycles. The number of hydrogen-bond acceptors (Lipinski definition) is 1. The molecule has 0 saturated heterocycles. The van der Waals surface area contributed by atoms with Crippen LogP contribution in [0.2, 0.25) is 5.02 Å². The van der Waals surface area contributed by atoms with Crippen LogP contribution in [0.3, 0.4) is 0 Å². The number of halogens is 2. The average Bonchev–Trinajstić information content (AvgIpc) is 2.47. The predicted molar refractivity (Wildman–Crippen MR) is 81.8 cm³/mol. The second-order valence-corrected chi connectivity index (χ2v) is 5.05. The molecule has 0 bridgehead atoms. The van der Waals surface area contributed by atoms with Crippen molar-refractivity contribution in [2.45, 2.75) is 13.0 Å². The Bertz CT molecular complexity index is 601. The van der Waals surface area contributed by atoms with Crippen LogP contribution in [-0.4, -0.2) is 12.6 Å². The van der Waals surface area contributed by atoms with Gasteiger partial charge in [-0.3, -0.25) is 0 Å². The quantitative estimate of drug-likeness (QED) is 0.872. The lowest BCUT2D eigenvalue weighted by atomic mass is 10.1. The van der Waals surface area contributed by atoms with Gasteiger partial charge in [0, 0.05) is 18.1 Å². The summed E-state index contributed by atoms with van der Waals surface area (Å²) in [5.74, 6) is -0.264. The van der Waals surface area contributed by atoms with Crippen molar-refractivity contribution in [1.82, 2.24) is 10.6 Å². The molecule has 110 valence electrons. The van der Waals surface area contributed by atoms with Crippen LogP contribution < -0.4 is 10.6 Å². The number of hydrogen-bond donors (Lipinski definition) is 2. The summed E-state index contributed by atoms with van der Waals surface area (Å²) in [5.41, 5.74) is 1.83. The first-order valence-electron chi connectivity index (χ1n) is 6.64. The number of amides is 2. The van der Waals surface area contributed by atoms with Crippen molar-refractivity contribution in [3.8, 4) is 0 Å². The van der Waals surface area contributed by atoms with Crippen molar-refractivity contribution < 1.29 is 9.18 Å². The summed E-state index contributed by atoms with van der Waals surface area (Å²) < 4.78 is 13.0. The summed E-state index contributed by atoms with van der Waals surface area (Å²) in [6, 6.07) is 13.4. The Morgan fingerprint density at radius 1 is 1.05 bits per heavy atom. The maximum Gasteiger partial charge on any atom is 0.315 e. The SMILES string of the molecule is O=C(NCCc1cccc(F)c1)NCc1ccc(Cl)cc1. The van der Waals surface area contributed by atoms with Gasteiger partial charge in [-0.2, -0.15) is 0 Å². The van der Waals surface area contributed by atoms with Gasteiger partial charge >= 0.3 is 6.03 Å². The normalized spacial score (nSPS) is 10.2. The fraction of sp³-hybridized carbons (Fsp3) is 0.188. The van der Waals surface area contributed by atoms with E-state index in [1.54, 1.807) is 18.2 Å². The van der Waals surface area contributed by atoms with Gasteiger partial charge in [-0.1, -0.05) is 35.9 Å². The number of carbonyl (C=O) groups is 1. The van der Waals surface area contributed by atoms with E-state index < -0.39 is 0 Å². The highest BCUT2D eigenvalue weighted by Crippen LogP contribution is 2.09. The summed E-state index contributed by atoms with van der Waals surface area (Å²) >= 11 is 5.79. The highest BCUT2D eigenvalue weighted by molar-refractivity contribution is 6.30. The second kappa shape index (κ2) is 7.64. The maximum atomic E-state index is 13.0. The van der Waals surface area contributed by atoms with Crippen LogP contribution in [0.4, 0.5) is 9.18 Å². The van der Waals surface area contributed by atoms with Crippen LogP contribution in [0.25, 0.3) is 0 Å². The average molecular weight is 307 g/mol. The standard InChI is InChI=1S/C16H16ClFN2O/c17-14-6-4-13(5-7-14)11-20-16(21)19-9-8-12-2-1-3-15(18)10-12/h1-7,10H,8-9,11H2,(H2,19,20,21). The van der Waals surface area contributed by atoms with E-state index >= 15 is 0 Å². The van der Waals surface area contributed by atoms with Crippen LogP contribution in [0.5, 0.6) is 0 Å². The van der Waals surface area contributed by atoms with E-state index in [1.165, 1.54) is 12.1 Å². The first kappa shape index (κ1) is 15.3. The molecule has 0 aliphatic rings. The van der Waals surface area contributed by atoms with Gasteiger partial charge in [0.2, 0.25) is 0 Å². The number of carbonyl (C=O) groups excluding carboxylic acids is 1. The third-order valence-corrected chi connectivity index (χ3v) is 3.21. The molecule has 0 unspecified atom stereocenters. The molecule has 21 heavy (non-hydrogen) atoms. The van der Waals surface area contributed by atoms with Gasteiger partial charge in [0.25, 0.3) is 0 Å². The zero-order valence-corrected chi connectivity index (χ0v) is 12.2. The van der Waals surface area contributed by atoms with Gasteiger partial charge in [-0.05, 0) is 41.8 Å². The Labute approximate surface area is 128 Å². The molecule has 0 spiro atoms. The van der Waals surface area contributed by atoms with Crippen molar-refractivity contribution >= 4 is 17.6 Å². The van der Waals surface area contributed by atoms with Crippen molar-refractivity contribution in [3.05, 3.63) is 70.5 Å². The van der Waals surface area contributed by atoms with E-state index in [2.05, 4.69) is 10.6 Å². The predicted octanol–water partition coefficient (Wildman–Crippen LogP) is 3.52. The lowest BCUT2D eigenvalue weighted by Crippen LogP contribution is -2.36. The third kappa shape index (κ3) is 5.44. The molecule has 2 aromatic carbocycles. The third-order valence-electron chi connectivity index (χ3n) is 2.95. The van der Waals surface area contributed by atoms with Crippen LogP contribution in [-0.2, 0) is 13.0 Å². The Kier molecular flexibility index (Phi) is 5.58. The molecule has 0 fully saturated rings. The molecule has 3 nitrogen and oxygen atoms in total. The minimum absolute atomic E-state index is 0.249. The van der Waals surface area contributed by atoms with Crippen molar-refractivity contribution in [2.75, 3.05) is 6.54 Å². The van der Waals surface area contributed by atoms with Crippen molar-refractivity contribution in [2.24, 2.45) is 0 Å². The minimum atomic E-state index is -0.264. The molecule has 0 heterocycles. The highest BCUT2D eigenvalue weighted by Gasteiger charge is 2.01. The summed E-state index contributed by atoms with van der Waals surface area (Å²) in [6.45, 7) is 0.888. The highest BCUT2D eigenvalue weighted by atomic mass is 35.5. The van der Waals surface area contributed by atoms with E-state index in [0.29, 0.717) is 24.5 Å². The number of urea groups is 1. The summed E-state index contributed by atoms with van der Waals surface area (Å²) in [7, 11) is 0. The molecular weight excluding hydrogens is 291 g/mol. The summed E-state index contributed by atoms with van der Waals surface area (Å²) in [5, 5.41) is 6.15. The summed E-state index contributed by atoms with van der Waals surface area (Å²) in [4.78, 5) is 11.6. The minimum Gasteiger partial charge on any atom is -0.338 e. The zero-order chi connectivity index (χ0) is 15.1. The first-order chi connectivity index (χ1) is 10.1. The van der Waals surface area contributed by atoms with Gasteiger partial charge in [-0.25, -0.2) is 9.18 Å². The fourth-order valence-corrected chi connectivity index (χ4v) is 1.99. The van der Waals surface area contributed by atoms with Gasteiger partial charge in [0.1, 0.15) is 5.82 Å². The molecule has 2 aromatic rings. The first-order valence-corrected chi connectivity index (χ1v) is 7.02. The number of rotatable bonds is 5. The molecule has 0 aromatic heterocycles. The smallest absolute Gasteiger partial charge is 0.315 e. The Morgan fingerprint density at radius 3 is 2.52 bits per heavy atom. The lowest BCUT2D eigenvalue weighted by Gasteiger charge is -2.08. The fourth-order valence-electron chi connectivity index (χ4n) is 1.86. The molecular formula is C16H16ClFN2O. The Hall–Kier alpha value is -2.07. The Balaban J connectivity index is 1.69. The molecule has 5 heteroatoms. The van der Waals surface area contributed by atoms with Gasteiger partial charge in [0.05, 0.1) is 0 Å². The van der Waals surface area contributed by atoms with Gasteiger partial charge < -0.3 is 10.6 Å². The van der Waals surface area contributed by atoms with E-state index in [9.17, 15) is 9.18 Å². The van der Waals surface area contributed by atoms with Gasteiger partial charge in [-0.15, -0.1) is 0 Å². The largest absolute Gasteiger partial charge is 0.338 e. The van der Waals surface area contributed by atoms with Crippen LogP contribution in [0, 0.1) is 5.82 Å².